The third kappa shape index (κ3) is 6.01. The van der Waals surface area contributed by atoms with E-state index < -0.39 is 72.1 Å². The molecule has 2 aromatic rings. The molecule has 8 nitrogen and oxygen atoms in total. The predicted molar refractivity (Wildman–Crippen MR) is 104 cm³/mol. The Balaban J connectivity index is 2.03. The summed E-state index contributed by atoms with van der Waals surface area (Å²) in [4.78, 5) is 20.2. The van der Waals surface area contributed by atoms with Crippen LogP contribution in [-0.2, 0) is 14.3 Å². The molecule has 14 heteroatoms. The zero-order chi connectivity index (χ0) is 25.0. The average molecular weight is 490 g/mol. The molecule has 1 unspecified atom stereocenters. The SMILES string of the molecule is N=C(/C=C(\O)C(=O)Nc1c(-c2cc(F)ccc2F)ncnc1C1CCC(F)(F)CO1)OC(F)F. The summed E-state index contributed by atoms with van der Waals surface area (Å²) in [5.41, 5.74) is -1.39. The number of aromatic nitrogens is 2. The molecule has 34 heavy (non-hydrogen) atoms. The van der Waals surface area contributed by atoms with Gasteiger partial charge in [-0.25, -0.2) is 27.5 Å². The minimum atomic E-state index is -3.39. The van der Waals surface area contributed by atoms with Crippen molar-refractivity contribution >= 4 is 17.5 Å². The molecule has 1 saturated heterocycles. The van der Waals surface area contributed by atoms with Crippen LogP contribution in [0.2, 0.25) is 0 Å². The smallest absolute Gasteiger partial charge is 0.388 e. The van der Waals surface area contributed by atoms with Crippen molar-refractivity contribution in [1.82, 2.24) is 9.97 Å². The Hall–Kier alpha value is -3.68. The normalized spacial score (nSPS) is 18.0. The fraction of sp³-hybridized carbons (Fsp3) is 0.300. The molecule has 3 N–H and O–H groups in total. The van der Waals surface area contributed by atoms with Gasteiger partial charge in [0.25, 0.3) is 11.8 Å². The number of carbonyl (C=O) groups excluding carboxylic acids is 1. The highest BCUT2D eigenvalue weighted by Gasteiger charge is 2.38. The number of nitrogens with zero attached hydrogens (tertiary/aromatic N) is 2. The third-order valence-corrected chi connectivity index (χ3v) is 4.59. The summed E-state index contributed by atoms with van der Waals surface area (Å²) < 4.78 is 88.5. The van der Waals surface area contributed by atoms with Crippen LogP contribution in [0.5, 0.6) is 0 Å². The second-order valence-electron chi connectivity index (χ2n) is 7.03. The molecule has 1 aliphatic heterocycles. The summed E-state index contributed by atoms with van der Waals surface area (Å²) in [5, 5.41) is 19.2. The first-order chi connectivity index (χ1) is 16.0. The number of aliphatic hydroxyl groups is 1. The maximum Gasteiger partial charge on any atom is 0.388 e. The van der Waals surface area contributed by atoms with E-state index in [9.17, 15) is 36.2 Å². The van der Waals surface area contributed by atoms with Gasteiger partial charge in [0, 0.05) is 18.1 Å². The van der Waals surface area contributed by atoms with Gasteiger partial charge in [0.05, 0.1) is 11.4 Å². The maximum atomic E-state index is 14.5. The fourth-order valence-electron chi connectivity index (χ4n) is 3.08. The zero-order valence-electron chi connectivity index (χ0n) is 17.0. The van der Waals surface area contributed by atoms with Gasteiger partial charge in [-0.15, -0.1) is 0 Å². The van der Waals surface area contributed by atoms with Crippen molar-refractivity contribution in [2.45, 2.75) is 31.5 Å². The van der Waals surface area contributed by atoms with Crippen molar-refractivity contribution in [2.75, 3.05) is 11.9 Å². The highest BCUT2D eigenvalue weighted by atomic mass is 19.3. The first-order valence-electron chi connectivity index (χ1n) is 9.52. The molecule has 0 radical (unpaired) electrons. The van der Waals surface area contributed by atoms with Crippen LogP contribution in [-0.4, -0.2) is 46.0 Å². The van der Waals surface area contributed by atoms with Gasteiger partial charge in [-0.3, -0.25) is 10.2 Å². The van der Waals surface area contributed by atoms with Crippen molar-refractivity contribution in [1.29, 1.82) is 5.41 Å². The topological polar surface area (TPSA) is 117 Å². The molecule has 1 amide bonds. The molecule has 1 aliphatic rings. The number of hydrogen-bond donors (Lipinski definition) is 3. The summed E-state index contributed by atoms with van der Waals surface area (Å²) in [5.74, 6) is -8.81. The van der Waals surface area contributed by atoms with Gasteiger partial charge in [-0.05, 0) is 24.6 Å². The molecular formula is C20H16F6N4O4. The van der Waals surface area contributed by atoms with Gasteiger partial charge in [0.1, 0.15) is 36.4 Å². The number of ether oxygens (including phenoxy) is 2. The third-order valence-electron chi connectivity index (χ3n) is 4.59. The molecule has 1 aromatic carbocycles. The standard InChI is InChI=1S/C20H16F6N4O4/c21-9-1-2-11(22)10(5-9)15-17(30-18(32)12(31)6-14(27)34-19(23)24)16(29-8-28-15)13-3-4-20(25,26)7-33-13/h1-2,5-6,8,13,19,27,31H,3-4,7H2,(H,30,32)/b12-6-,27-14?. The molecule has 3 rings (SSSR count). The van der Waals surface area contributed by atoms with Crippen molar-refractivity contribution in [3.05, 3.63) is 53.7 Å². The van der Waals surface area contributed by atoms with E-state index in [4.69, 9.17) is 10.1 Å². The molecular weight excluding hydrogens is 474 g/mol. The molecule has 1 fully saturated rings. The van der Waals surface area contributed by atoms with Gasteiger partial charge in [0.15, 0.2) is 5.76 Å². The molecule has 1 atom stereocenters. The van der Waals surface area contributed by atoms with Crippen LogP contribution in [0.4, 0.5) is 32.0 Å². The minimum absolute atomic E-state index is 0.177. The summed E-state index contributed by atoms with van der Waals surface area (Å²) in [6.07, 6.45) is -0.772. The number of anilines is 1. The van der Waals surface area contributed by atoms with Crippen LogP contribution in [0.15, 0.2) is 36.4 Å². The Bertz CT molecular complexity index is 1120. The van der Waals surface area contributed by atoms with Gasteiger partial charge in [-0.2, -0.15) is 8.78 Å². The van der Waals surface area contributed by atoms with E-state index in [2.05, 4.69) is 20.0 Å². The van der Waals surface area contributed by atoms with Gasteiger partial charge in [0.2, 0.25) is 5.90 Å². The Labute approximate surface area is 187 Å². The second-order valence-corrected chi connectivity index (χ2v) is 7.03. The Morgan fingerprint density at radius 3 is 2.71 bits per heavy atom. The number of carbonyl (C=O) groups is 1. The van der Waals surface area contributed by atoms with E-state index in [1.165, 1.54) is 0 Å². The van der Waals surface area contributed by atoms with E-state index in [1.54, 1.807) is 0 Å². The number of alkyl halides is 4. The summed E-state index contributed by atoms with van der Waals surface area (Å²) in [7, 11) is 0. The molecule has 1 aromatic heterocycles. The monoisotopic (exact) mass is 490 g/mol. The predicted octanol–water partition coefficient (Wildman–Crippen LogP) is 4.51. The maximum absolute atomic E-state index is 14.5. The lowest BCUT2D eigenvalue weighted by Crippen LogP contribution is -2.32. The number of aliphatic hydroxyl groups excluding tert-OH is 1. The number of nitrogens with one attached hydrogen (secondary N) is 2. The molecule has 0 bridgehead atoms. The van der Waals surface area contributed by atoms with Crippen LogP contribution in [0.1, 0.15) is 24.6 Å². The summed E-state index contributed by atoms with van der Waals surface area (Å²) >= 11 is 0. The lowest BCUT2D eigenvalue weighted by molar-refractivity contribution is -0.146. The number of rotatable bonds is 6. The highest BCUT2D eigenvalue weighted by Crippen LogP contribution is 2.40. The fourth-order valence-corrected chi connectivity index (χ4v) is 3.08. The Morgan fingerprint density at radius 1 is 1.32 bits per heavy atom. The van der Waals surface area contributed by atoms with E-state index in [0.29, 0.717) is 0 Å². The number of amides is 1. The van der Waals surface area contributed by atoms with Crippen molar-refractivity contribution in [3.63, 3.8) is 0 Å². The van der Waals surface area contributed by atoms with E-state index in [0.717, 1.165) is 24.5 Å². The van der Waals surface area contributed by atoms with Gasteiger partial charge in [-0.1, -0.05) is 0 Å². The molecule has 2 heterocycles. The van der Waals surface area contributed by atoms with Crippen LogP contribution < -0.4 is 5.32 Å². The summed E-state index contributed by atoms with van der Waals surface area (Å²) in [6.45, 7) is -4.36. The van der Waals surface area contributed by atoms with E-state index in [1.807, 2.05) is 0 Å². The largest absolute Gasteiger partial charge is 0.503 e. The lowest BCUT2D eigenvalue weighted by atomic mass is 10.00. The Morgan fingerprint density at radius 2 is 2.06 bits per heavy atom. The van der Waals surface area contributed by atoms with Crippen LogP contribution >= 0.6 is 0 Å². The first-order valence-corrected chi connectivity index (χ1v) is 9.52. The zero-order valence-corrected chi connectivity index (χ0v) is 17.0. The molecule has 182 valence electrons. The first kappa shape index (κ1) is 25.0. The average Bonchev–Trinajstić information content (AvgIpc) is 2.75. The van der Waals surface area contributed by atoms with E-state index >= 15 is 0 Å². The number of benzene rings is 1. The van der Waals surface area contributed by atoms with E-state index in [-0.39, 0.29) is 23.9 Å². The lowest BCUT2D eigenvalue weighted by Gasteiger charge is -2.29. The molecule has 0 aliphatic carbocycles. The molecule has 0 spiro atoms. The van der Waals surface area contributed by atoms with Crippen LogP contribution in [0, 0.1) is 17.0 Å². The van der Waals surface area contributed by atoms with Crippen molar-refractivity contribution in [2.24, 2.45) is 0 Å². The van der Waals surface area contributed by atoms with Gasteiger partial charge < -0.3 is 19.9 Å². The summed E-state index contributed by atoms with van der Waals surface area (Å²) in [6, 6.07) is 2.37. The number of halogens is 6. The number of hydrogen-bond acceptors (Lipinski definition) is 7. The second kappa shape index (κ2) is 10.1. The van der Waals surface area contributed by atoms with Crippen molar-refractivity contribution < 1.29 is 45.7 Å². The Kier molecular flexibility index (Phi) is 7.39. The van der Waals surface area contributed by atoms with Crippen LogP contribution in [0.25, 0.3) is 11.3 Å². The van der Waals surface area contributed by atoms with Gasteiger partial charge >= 0.3 is 6.61 Å². The quantitative estimate of drug-likeness (QED) is 0.180. The minimum Gasteiger partial charge on any atom is -0.503 e. The van der Waals surface area contributed by atoms with Crippen LogP contribution in [0.3, 0.4) is 0 Å². The highest BCUT2D eigenvalue weighted by molar-refractivity contribution is 6.07. The van der Waals surface area contributed by atoms with Crippen molar-refractivity contribution in [3.8, 4) is 11.3 Å². The molecule has 0 saturated carbocycles.